The third-order valence-corrected chi connectivity index (χ3v) is 2.14. The number of ether oxygens (including phenoxy) is 2. The van der Waals surface area contributed by atoms with Crippen molar-refractivity contribution < 1.29 is 14.6 Å². The number of methoxy groups -OCH3 is 1. The van der Waals surface area contributed by atoms with Crippen molar-refractivity contribution in [2.24, 2.45) is 0 Å². The van der Waals surface area contributed by atoms with E-state index in [1.54, 1.807) is 7.11 Å². The van der Waals surface area contributed by atoms with Crippen LogP contribution in [-0.2, 0) is 4.74 Å². The van der Waals surface area contributed by atoms with E-state index in [2.05, 4.69) is 0 Å². The molecule has 0 aromatic heterocycles. The van der Waals surface area contributed by atoms with Gasteiger partial charge in [-0.25, -0.2) is 0 Å². The zero-order valence-corrected chi connectivity index (χ0v) is 10.0. The van der Waals surface area contributed by atoms with Crippen LogP contribution in [0.15, 0.2) is 24.3 Å². The maximum atomic E-state index is 9.43. The largest absolute Gasteiger partial charge is 0.491 e. The lowest BCUT2D eigenvalue weighted by molar-refractivity contribution is 0.0325. The highest BCUT2D eigenvalue weighted by Crippen LogP contribution is 2.19. The molecule has 1 atom stereocenters. The van der Waals surface area contributed by atoms with Crippen molar-refractivity contribution in [1.82, 2.24) is 0 Å². The van der Waals surface area contributed by atoms with Gasteiger partial charge in [-0.1, -0.05) is 6.07 Å². The summed E-state index contributed by atoms with van der Waals surface area (Å²) in [6.45, 7) is 0.526. The second kappa shape index (κ2) is 6.35. The van der Waals surface area contributed by atoms with Crippen molar-refractivity contribution in [3.05, 3.63) is 24.3 Å². The molecular weight excluding hydrogens is 206 g/mol. The van der Waals surface area contributed by atoms with Gasteiger partial charge >= 0.3 is 0 Å². The van der Waals surface area contributed by atoms with Crippen molar-refractivity contribution in [1.29, 1.82) is 0 Å². The maximum absolute atomic E-state index is 9.43. The Hall–Kier alpha value is -1.26. The number of benzene rings is 1. The van der Waals surface area contributed by atoms with Crippen LogP contribution in [0.1, 0.15) is 0 Å². The highest BCUT2D eigenvalue weighted by molar-refractivity contribution is 5.49. The third kappa shape index (κ3) is 4.08. The second-order valence-corrected chi connectivity index (χ2v) is 3.81. The Balaban J connectivity index is 2.50. The molecule has 1 unspecified atom stereocenters. The Morgan fingerprint density at radius 2 is 2.06 bits per heavy atom. The molecule has 90 valence electrons. The highest BCUT2D eigenvalue weighted by atomic mass is 16.5. The van der Waals surface area contributed by atoms with Gasteiger partial charge in [0.2, 0.25) is 0 Å². The SMILES string of the molecule is COCC(O)COc1cccc(N(C)C)c1. The molecule has 4 nitrogen and oxygen atoms in total. The van der Waals surface area contributed by atoms with E-state index in [0.717, 1.165) is 11.4 Å². The third-order valence-electron chi connectivity index (χ3n) is 2.14. The molecule has 0 bridgehead atoms. The molecule has 1 aromatic carbocycles. The second-order valence-electron chi connectivity index (χ2n) is 3.81. The zero-order valence-electron chi connectivity index (χ0n) is 10.0. The normalized spacial score (nSPS) is 12.2. The van der Waals surface area contributed by atoms with Gasteiger partial charge in [-0.15, -0.1) is 0 Å². The van der Waals surface area contributed by atoms with Gasteiger partial charge in [-0.05, 0) is 12.1 Å². The standard InChI is InChI=1S/C12H19NO3/c1-13(2)10-5-4-6-12(7-10)16-9-11(14)8-15-3/h4-7,11,14H,8-9H2,1-3H3. The predicted molar refractivity (Wildman–Crippen MR) is 64.1 cm³/mol. The van der Waals surface area contributed by atoms with Gasteiger partial charge in [0.05, 0.1) is 6.61 Å². The lowest BCUT2D eigenvalue weighted by Crippen LogP contribution is -2.22. The number of rotatable bonds is 6. The minimum atomic E-state index is -0.590. The summed E-state index contributed by atoms with van der Waals surface area (Å²) < 4.78 is 10.3. The van der Waals surface area contributed by atoms with Gasteiger partial charge in [-0.3, -0.25) is 0 Å². The maximum Gasteiger partial charge on any atom is 0.121 e. The summed E-state index contributed by atoms with van der Waals surface area (Å²) in [7, 11) is 5.49. The van der Waals surface area contributed by atoms with Gasteiger partial charge in [0.1, 0.15) is 18.5 Å². The van der Waals surface area contributed by atoms with Crippen LogP contribution >= 0.6 is 0 Å². The lowest BCUT2D eigenvalue weighted by Gasteiger charge is -2.15. The first-order valence-corrected chi connectivity index (χ1v) is 5.20. The van der Waals surface area contributed by atoms with Crippen molar-refractivity contribution in [3.63, 3.8) is 0 Å². The molecule has 0 heterocycles. The van der Waals surface area contributed by atoms with Crippen LogP contribution in [0.2, 0.25) is 0 Å². The molecule has 1 N–H and O–H groups in total. The lowest BCUT2D eigenvalue weighted by atomic mass is 10.3. The Morgan fingerprint density at radius 3 is 2.69 bits per heavy atom. The first-order chi connectivity index (χ1) is 7.63. The minimum Gasteiger partial charge on any atom is -0.491 e. The zero-order chi connectivity index (χ0) is 12.0. The molecular formula is C12H19NO3. The molecule has 0 aliphatic heterocycles. The number of anilines is 1. The van der Waals surface area contributed by atoms with E-state index in [9.17, 15) is 5.11 Å². The fraction of sp³-hybridized carbons (Fsp3) is 0.500. The first-order valence-electron chi connectivity index (χ1n) is 5.20. The molecule has 0 aliphatic carbocycles. The Kier molecular flexibility index (Phi) is 5.08. The van der Waals surface area contributed by atoms with Gasteiger partial charge in [0, 0.05) is 33.0 Å². The van der Waals surface area contributed by atoms with Crippen LogP contribution in [0, 0.1) is 0 Å². The molecule has 0 saturated heterocycles. The average Bonchev–Trinajstić information content (AvgIpc) is 2.27. The molecule has 0 saturated carbocycles. The summed E-state index contributed by atoms with van der Waals surface area (Å²) in [5.41, 5.74) is 1.07. The fourth-order valence-electron chi connectivity index (χ4n) is 1.28. The van der Waals surface area contributed by atoms with E-state index in [1.807, 2.05) is 43.3 Å². The number of hydrogen-bond donors (Lipinski definition) is 1. The molecule has 0 radical (unpaired) electrons. The van der Waals surface area contributed by atoms with E-state index in [4.69, 9.17) is 9.47 Å². The van der Waals surface area contributed by atoms with Gasteiger partial charge < -0.3 is 19.5 Å². The molecule has 1 rings (SSSR count). The summed E-state index contributed by atoms with van der Waals surface area (Å²) in [6.07, 6.45) is -0.590. The number of nitrogens with zero attached hydrogens (tertiary/aromatic N) is 1. The summed E-state index contributed by atoms with van der Waals surface area (Å²) in [5.74, 6) is 0.751. The Morgan fingerprint density at radius 1 is 1.31 bits per heavy atom. The van der Waals surface area contributed by atoms with Crippen LogP contribution in [0.5, 0.6) is 5.75 Å². The van der Waals surface area contributed by atoms with E-state index in [0.29, 0.717) is 0 Å². The van der Waals surface area contributed by atoms with Crippen LogP contribution in [0.4, 0.5) is 5.69 Å². The molecule has 0 aliphatic rings. The Labute approximate surface area is 96.4 Å². The van der Waals surface area contributed by atoms with E-state index >= 15 is 0 Å². The molecule has 0 amide bonds. The summed E-state index contributed by atoms with van der Waals surface area (Å²) in [4.78, 5) is 2.00. The molecule has 0 fully saturated rings. The molecule has 16 heavy (non-hydrogen) atoms. The van der Waals surface area contributed by atoms with E-state index in [-0.39, 0.29) is 13.2 Å². The van der Waals surface area contributed by atoms with Crippen molar-refractivity contribution in [3.8, 4) is 5.75 Å². The fourth-order valence-corrected chi connectivity index (χ4v) is 1.28. The summed E-state index contributed by atoms with van der Waals surface area (Å²) >= 11 is 0. The first kappa shape index (κ1) is 12.8. The monoisotopic (exact) mass is 225 g/mol. The predicted octanol–water partition coefficient (Wildman–Crippen LogP) is 1.14. The topological polar surface area (TPSA) is 41.9 Å². The average molecular weight is 225 g/mol. The number of aliphatic hydroxyl groups is 1. The van der Waals surface area contributed by atoms with Gasteiger partial charge in [0.25, 0.3) is 0 Å². The number of hydrogen-bond acceptors (Lipinski definition) is 4. The summed E-state index contributed by atoms with van der Waals surface area (Å²) in [6, 6.07) is 7.72. The van der Waals surface area contributed by atoms with Gasteiger partial charge in [-0.2, -0.15) is 0 Å². The minimum absolute atomic E-state index is 0.241. The van der Waals surface area contributed by atoms with Crippen LogP contribution in [-0.4, -0.2) is 45.6 Å². The van der Waals surface area contributed by atoms with E-state index < -0.39 is 6.10 Å². The molecule has 0 spiro atoms. The van der Waals surface area contributed by atoms with Crippen molar-refractivity contribution >= 4 is 5.69 Å². The number of aliphatic hydroxyl groups excluding tert-OH is 1. The quantitative estimate of drug-likeness (QED) is 0.788. The van der Waals surface area contributed by atoms with Crippen LogP contribution in [0.3, 0.4) is 0 Å². The highest BCUT2D eigenvalue weighted by Gasteiger charge is 2.05. The van der Waals surface area contributed by atoms with Crippen molar-refractivity contribution in [2.75, 3.05) is 39.3 Å². The van der Waals surface area contributed by atoms with E-state index in [1.165, 1.54) is 0 Å². The van der Waals surface area contributed by atoms with Crippen LogP contribution in [0.25, 0.3) is 0 Å². The molecule has 1 aromatic rings. The smallest absolute Gasteiger partial charge is 0.121 e. The van der Waals surface area contributed by atoms with Gasteiger partial charge in [0.15, 0.2) is 0 Å². The Bertz CT molecular complexity index is 315. The summed E-state index contributed by atoms with van der Waals surface area (Å²) in [5, 5.41) is 9.43. The van der Waals surface area contributed by atoms with Crippen LogP contribution < -0.4 is 9.64 Å². The van der Waals surface area contributed by atoms with Crippen molar-refractivity contribution in [2.45, 2.75) is 6.10 Å². The molecule has 4 heteroatoms.